The third-order valence-corrected chi connectivity index (χ3v) is 3.95. The fourth-order valence-electron chi connectivity index (χ4n) is 2.99. The Bertz CT molecular complexity index is 404. The second-order valence-electron chi connectivity index (χ2n) is 5.17. The van der Waals surface area contributed by atoms with Crippen LogP contribution in [-0.2, 0) is 0 Å². The summed E-state index contributed by atoms with van der Waals surface area (Å²) in [6, 6.07) is 6.42. The molecule has 0 saturated carbocycles. The Balaban J connectivity index is 0.00000220. The van der Waals surface area contributed by atoms with E-state index in [9.17, 15) is 0 Å². The van der Waals surface area contributed by atoms with Crippen LogP contribution < -0.4 is 14.8 Å². The predicted octanol–water partition coefficient (Wildman–Crippen LogP) is 3.29. The Hall–Kier alpha value is -0.680. The molecule has 22 heavy (non-hydrogen) atoms. The number of rotatable bonds is 6. The molecule has 0 radical (unpaired) electrons. The molecule has 1 atom stereocenters. The summed E-state index contributed by atoms with van der Waals surface area (Å²) in [6.45, 7) is 6.49. The van der Waals surface area contributed by atoms with Crippen LogP contribution >= 0.6 is 24.8 Å². The molecule has 1 aliphatic heterocycles. The molecule has 1 saturated heterocycles. The molecule has 1 aromatic carbocycles. The quantitative estimate of drug-likeness (QED) is 0.853. The van der Waals surface area contributed by atoms with Crippen LogP contribution in [0.4, 0.5) is 0 Å². The van der Waals surface area contributed by atoms with E-state index in [-0.39, 0.29) is 24.8 Å². The number of piperazine rings is 1. The molecule has 0 amide bonds. The maximum atomic E-state index is 5.58. The lowest BCUT2D eigenvalue weighted by Crippen LogP contribution is -2.45. The minimum absolute atomic E-state index is 0. The van der Waals surface area contributed by atoms with E-state index in [4.69, 9.17) is 9.47 Å². The highest BCUT2D eigenvalue weighted by atomic mass is 35.5. The van der Waals surface area contributed by atoms with Crippen LogP contribution in [0.5, 0.6) is 11.5 Å². The average Bonchev–Trinajstić information content (AvgIpc) is 2.52. The lowest BCUT2D eigenvalue weighted by molar-refractivity contribution is 0.159. The van der Waals surface area contributed by atoms with E-state index in [1.807, 2.05) is 18.2 Å². The largest absolute Gasteiger partial charge is 0.496 e. The van der Waals surface area contributed by atoms with Crippen molar-refractivity contribution in [3.05, 3.63) is 23.8 Å². The van der Waals surface area contributed by atoms with Crippen molar-refractivity contribution in [3.63, 3.8) is 0 Å². The smallest absolute Gasteiger partial charge is 0.127 e. The summed E-state index contributed by atoms with van der Waals surface area (Å²) in [6.07, 6.45) is 2.27. The lowest BCUT2D eigenvalue weighted by Gasteiger charge is -2.36. The molecule has 1 heterocycles. The van der Waals surface area contributed by atoms with Gasteiger partial charge in [0.15, 0.2) is 0 Å². The van der Waals surface area contributed by atoms with Crippen molar-refractivity contribution in [2.24, 2.45) is 0 Å². The molecular formula is C16H28Cl2N2O2. The van der Waals surface area contributed by atoms with E-state index in [2.05, 4.69) is 17.1 Å². The van der Waals surface area contributed by atoms with Gasteiger partial charge in [-0.2, -0.15) is 0 Å². The first-order valence-corrected chi connectivity index (χ1v) is 7.47. The van der Waals surface area contributed by atoms with Crippen LogP contribution in [0.3, 0.4) is 0 Å². The van der Waals surface area contributed by atoms with Gasteiger partial charge in [-0.1, -0.05) is 19.4 Å². The lowest BCUT2D eigenvalue weighted by atomic mass is 9.97. The van der Waals surface area contributed by atoms with E-state index >= 15 is 0 Å². The van der Waals surface area contributed by atoms with Gasteiger partial charge in [-0.3, -0.25) is 4.90 Å². The SMILES string of the molecule is CCC[C@@H](c1c(OC)cccc1OC)N1CCNCC1.Cl.Cl. The van der Waals surface area contributed by atoms with Gasteiger partial charge in [0.1, 0.15) is 11.5 Å². The standard InChI is InChI=1S/C16H26N2O2.2ClH/c1-4-6-13(18-11-9-17-10-12-18)16-14(19-2)7-5-8-15(16)20-3;;/h5,7-8,13,17H,4,6,9-12H2,1-3H3;2*1H/t13-;;/m0../s1. The number of nitrogens with one attached hydrogen (secondary N) is 1. The summed E-state index contributed by atoms with van der Waals surface area (Å²) in [5.74, 6) is 1.86. The van der Waals surface area contributed by atoms with E-state index in [0.29, 0.717) is 6.04 Å². The molecule has 0 bridgehead atoms. The topological polar surface area (TPSA) is 33.7 Å². The fraction of sp³-hybridized carbons (Fsp3) is 0.625. The molecule has 1 aromatic rings. The molecule has 1 N–H and O–H groups in total. The number of nitrogens with zero attached hydrogens (tertiary/aromatic N) is 1. The van der Waals surface area contributed by atoms with Crippen LogP contribution in [0.15, 0.2) is 18.2 Å². The van der Waals surface area contributed by atoms with Crippen molar-refractivity contribution in [2.75, 3.05) is 40.4 Å². The van der Waals surface area contributed by atoms with Crippen LogP contribution in [0.25, 0.3) is 0 Å². The molecule has 0 aliphatic carbocycles. The zero-order valence-corrected chi connectivity index (χ0v) is 15.3. The summed E-state index contributed by atoms with van der Waals surface area (Å²) in [5, 5.41) is 3.42. The highest BCUT2D eigenvalue weighted by Gasteiger charge is 2.27. The molecule has 4 nitrogen and oxygen atoms in total. The molecule has 6 heteroatoms. The van der Waals surface area contributed by atoms with Crippen molar-refractivity contribution >= 4 is 24.8 Å². The average molecular weight is 351 g/mol. The van der Waals surface area contributed by atoms with E-state index < -0.39 is 0 Å². The minimum Gasteiger partial charge on any atom is -0.496 e. The Labute approximate surface area is 146 Å². The molecule has 1 aliphatic rings. The molecule has 0 aromatic heterocycles. The Morgan fingerprint density at radius 2 is 1.64 bits per heavy atom. The van der Waals surface area contributed by atoms with Gasteiger partial charge >= 0.3 is 0 Å². The Morgan fingerprint density at radius 3 is 2.09 bits per heavy atom. The molecule has 128 valence electrons. The number of hydrogen-bond acceptors (Lipinski definition) is 4. The third kappa shape index (κ3) is 4.92. The van der Waals surface area contributed by atoms with E-state index in [1.54, 1.807) is 14.2 Å². The fourth-order valence-corrected chi connectivity index (χ4v) is 2.99. The summed E-state index contributed by atoms with van der Waals surface area (Å²) in [7, 11) is 3.47. The minimum atomic E-state index is 0. The summed E-state index contributed by atoms with van der Waals surface area (Å²) >= 11 is 0. The van der Waals surface area contributed by atoms with Crippen molar-refractivity contribution in [3.8, 4) is 11.5 Å². The van der Waals surface area contributed by atoms with Crippen LogP contribution in [0, 0.1) is 0 Å². The van der Waals surface area contributed by atoms with Gasteiger partial charge in [-0.25, -0.2) is 0 Å². The number of hydrogen-bond donors (Lipinski definition) is 1. The number of halogens is 2. The first kappa shape index (κ1) is 21.3. The zero-order chi connectivity index (χ0) is 14.4. The predicted molar refractivity (Wildman–Crippen MR) is 96.1 cm³/mol. The van der Waals surface area contributed by atoms with Crippen LogP contribution in [0.1, 0.15) is 31.4 Å². The zero-order valence-electron chi connectivity index (χ0n) is 13.6. The molecule has 1 fully saturated rings. The monoisotopic (exact) mass is 350 g/mol. The number of methoxy groups -OCH3 is 2. The molecular weight excluding hydrogens is 323 g/mol. The second-order valence-corrected chi connectivity index (χ2v) is 5.17. The Kier molecular flexibility index (Phi) is 10.6. The summed E-state index contributed by atoms with van der Waals surface area (Å²) < 4.78 is 11.2. The van der Waals surface area contributed by atoms with Crippen molar-refractivity contribution in [1.82, 2.24) is 10.2 Å². The number of ether oxygens (including phenoxy) is 2. The van der Waals surface area contributed by atoms with E-state index in [1.165, 1.54) is 5.56 Å². The van der Waals surface area contributed by atoms with Gasteiger partial charge in [0.05, 0.1) is 19.8 Å². The maximum absolute atomic E-state index is 5.58. The van der Waals surface area contributed by atoms with Gasteiger partial charge in [-0.05, 0) is 18.6 Å². The van der Waals surface area contributed by atoms with Gasteiger partial charge in [0, 0.05) is 32.2 Å². The van der Waals surface area contributed by atoms with Crippen LogP contribution in [0.2, 0.25) is 0 Å². The first-order chi connectivity index (χ1) is 9.81. The molecule has 0 spiro atoms. The van der Waals surface area contributed by atoms with Crippen LogP contribution in [-0.4, -0.2) is 45.3 Å². The maximum Gasteiger partial charge on any atom is 0.127 e. The molecule has 0 unspecified atom stereocenters. The summed E-state index contributed by atoms with van der Waals surface area (Å²) in [5.41, 5.74) is 1.20. The van der Waals surface area contributed by atoms with Gasteiger partial charge in [-0.15, -0.1) is 24.8 Å². The highest BCUT2D eigenvalue weighted by Crippen LogP contribution is 2.39. The van der Waals surface area contributed by atoms with Gasteiger partial charge in [0.25, 0.3) is 0 Å². The number of benzene rings is 1. The third-order valence-electron chi connectivity index (χ3n) is 3.95. The van der Waals surface area contributed by atoms with Crippen molar-refractivity contribution in [2.45, 2.75) is 25.8 Å². The second kappa shape index (κ2) is 10.9. The van der Waals surface area contributed by atoms with E-state index in [0.717, 1.165) is 50.5 Å². The van der Waals surface area contributed by atoms with Crippen molar-refractivity contribution < 1.29 is 9.47 Å². The normalized spacial score (nSPS) is 16.1. The van der Waals surface area contributed by atoms with Gasteiger partial charge < -0.3 is 14.8 Å². The Morgan fingerprint density at radius 1 is 1.09 bits per heavy atom. The summed E-state index contributed by atoms with van der Waals surface area (Å²) in [4.78, 5) is 2.54. The highest BCUT2D eigenvalue weighted by molar-refractivity contribution is 5.85. The molecule has 2 rings (SSSR count). The van der Waals surface area contributed by atoms with Crippen molar-refractivity contribution in [1.29, 1.82) is 0 Å². The first-order valence-electron chi connectivity index (χ1n) is 7.47. The van der Waals surface area contributed by atoms with Gasteiger partial charge in [0.2, 0.25) is 0 Å².